The van der Waals surface area contributed by atoms with Crippen molar-refractivity contribution < 1.29 is 0 Å². The summed E-state index contributed by atoms with van der Waals surface area (Å²) in [5.41, 5.74) is 10.0. The highest BCUT2D eigenvalue weighted by Crippen LogP contribution is 2.41. The summed E-state index contributed by atoms with van der Waals surface area (Å²) in [6, 6.07) is 56.5. The number of para-hydroxylation sites is 2. The van der Waals surface area contributed by atoms with Crippen molar-refractivity contribution in [1.82, 2.24) is 9.55 Å². The highest BCUT2D eigenvalue weighted by atomic mass is 32.1. The molecule has 3 heteroatoms. The van der Waals surface area contributed by atoms with E-state index in [1.807, 2.05) is 11.3 Å². The Bertz CT molecular complexity index is 2450. The van der Waals surface area contributed by atoms with Gasteiger partial charge >= 0.3 is 0 Å². The molecule has 0 N–H and O–H groups in total. The largest absolute Gasteiger partial charge is 0.309 e. The van der Waals surface area contributed by atoms with Gasteiger partial charge in [-0.15, -0.1) is 11.3 Å². The molecular formula is C41H26N2S. The Balaban J connectivity index is 1.34. The van der Waals surface area contributed by atoms with Gasteiger partial charge in [0.25, 0.3) is 0 Å². The zero-order valence-corrected chi connectivity index (χ0v) is 24.6. The van der Waals surface area contributed by atoms with E-state index in [9.17, 15) is 0 Å². The summed E-state index contributed by atoms with van der Waals surface area (Å²) >= 11 is 1.85. The molecule has 0 bridgehead atoms. The molecule has 0 aliphatic rings. The van der Waals surface area contributed by atoms with Crippen LogP contribution in [0.2, 0.25) is 0 Å². The molecule has 0 amide bonds. The van der Waals surface area contributed by atoms with Crippen molar-refractivity contribution in [2.75, 3.05) is 0 Å². The predicted molar refractivity (Wildman–Crippen MR) is 188 cm³/mol. The van der Waals surface area contributed by atoms with E-state index >= 15 is 0 Å². The molecule has 44 heavy (non-hydrogen) atoms. The summed E-state index contributed by atoms with van der Waals surface area (Å²) in [6.07, 6.45) is 0. The lowest BCUT2D eigenvalue weighted by molar-refractivity contribution is 1.16. The van der Waals surface area contributed by atoms with E-state index in [1.165, 1.54) is 53.1 Å². The van der Waals surface area contributed by atoms with E-state index in [0.717, 1.165) is 28.2 Å². The molecule has 0 fully saturated rings. The second kappa shape index (κ2) is 10.0. The second-order valence-corrected chi connectivity index (χ2v) is 12.2. The summed E-state index contributed by atoms with van der Waals surface area (Å²) < 4.78 is 4.96. The van der Waals surface area contributed by atoms with Crippen LogP contribution in [-0.4, -0.2) is 9.55 Å². The molecular weight excluding hydrogens is 553 g/mol. The van der Waals surface area contributed by atoms with Crippen molar-refractivity contribution in [3.05, 3.63) is 158 Å². The van der Waals surface area contributed by atoms with E-state index in [1.54, 1.807) is 0 Å². The lowest BCUT2D eigenvalue weighted by Gasteiger charge is -2.14. The standard InChI is InChI=1S/C41H26N2S/c1-2-12-27(13-3-1)28-14-10-15-29(24-28)36-25-30(43-38-21-7-4-16-31(38)32-17-5-8-22-39(32)43)26-37(42-36)35-20-11-19-34-33-18-6-9-23-40(33)44-41(34)35/h1-26H. The summed E-state index contributed by atoms with van der Waals surface area (Å²) in [4.78, 5) is 5.39. The van der Waals surface area contributed by atoms with Gasteiger partial charge in [0.2, 0.25) is 0 Å². The van der Waals surface area contributed by atoms with Gasteiger partial charge in [0, 0.05) is 42.1 Å². The number of pyridine rings is 1. The maximum Gasteiger partial charge on any atom is 0.0744 e. The number of thiophene rings is 1. The maximum absolute atomic E-state index is 5.39. The predicted octanol–water partition coefficient (Wildman–Crippen LogP) is 11.5. The zero-order valence-electron chi connectivity index (χ0n) is 23.8. The minimum absolute atomic E-state index is 0.954. The average Bonchev–Trinajstić information content (AvgIpc) is 3.65. The molecule has 0 aliphatic carbocycles. The molecule has 0 saturated heterocycles. The van der Waals surface area contributed by atoms with Crippen LogP contribution < -0.4 is 0 Å². The topological polar surface area (TPSA) is 17.8 Å². The Morgan fingerprint density at radius 2 is 1.02 bits per heavy atom. The van der Waals surface area contributed by atoms with E-state index in [4.69, 9.17) is 4.98 Å². The van der Waals surface area contributed by atoms with Crippen LogP contribution in [-0.2, 0) is 0 Å². The summed E-state index contributed by atoms with van der Waals surface area (Å²) in [5, 5.41) is 5.07. The van der Waals surface area contributed by atoms with Gasteiger partial charge < -0.3 is 4.57 Å². The number of rotatable bonds is 4. The molecule has 0 atom stereocenters. The van der Waals surface area contributed by atoms with Gasteiger partial charge in [0.05, 0.1) is 28.1 Å². The molecule has 9 rings (SSSR count). The third-order valence-corrected chi connectivity index (χ3v) is 9.81. The van der Waals surface area contributed by atoms with E-state index < -0.39 is 0 Å². The van der Waals surface area contributed by atoms with Gasteiger partial charge in [0.15, 0.2) is 0 Å². The Hall–Kier alpha value is -5.51. The van der Waals surface area contributed by atoms with Crippen LogP contribution in [0.3, 0.4) is 0 Å². The first kappa shape index (κ1) is 25.0. The van der Waals surface area contributed by atoms with Crippen LogP contribution in [0.4, 0.5) is 0 Å². The van der Waals surface area contributed by atoms with Gasteiger partial charge in [-0.1, -0.05) is 121 Å². The molecule has 206 valence electrons. The monoisotopic (exact) mass is 578 g/mol. The fourth-order valence-electron chi connectivity index (χ4n) is 6.57. The van der Waals surface area contributed by atoms with E-state index in [0.29, 0.717) is 0 Å². The van der Waals surface area contributed by atoms with Crippen LogP contribution >= 0.6 is 11.3 Å². The van der Waals surface area contributed by atoms with Gasteiger partial charge in [-0.2, -0.15) is 0 Å². The quantitative estimate of drug-likeness (QED) is 0.203. The number of aromatic nitrogens is 2. The number of nitrogens with zero attached hydrogens (tertiary/aromatic N) is 2. The summed E-state index contributed by atoms with van der Waals surface area (Å²) in [5.74, 6) is 0. The number of benzene rings is 6. The van der Waals surface area contributed by atoms with Gasteiger partial charge in [0.1, 0.15) is 0 Å². The van der Waals surface area contributed by atoms with Crippen LogP contribution in [0.5, 0.6) is 0 Å². The molecule has 2 nitrogen and oxygen atoms in total. The van der Waals surface area contributed by atoms with Crippen molar-refractivity contribution in [2.45, 2.75) is 0 Å². The van der Waals surface area contributed by atoms with Gasteiger partial charge in [-0.3, -0.25) is 0 Å². The molecule has 6 aromatic carbocycles. The van der Waals surface area contributed by atoms with E-state index in [-0.39, 0.29) is 0 Å². The summed E-state index contributed by atoms with van der Waals surface area (Å²) in [6.45, 7) is 0. The van der Waals surface area contributed by atoms with Crippen LogP contribution in [0.15, 0.2) is 158 Å². The first-order valence-corrected chi connectivity index (χ1v) is 15.7. The Kier molecular flexibility index (Phi) is 5.71. The molecule has 3 heterocycles. The first-order valence-electron chi connectivity index (χ1n) is 14.9. The van der Waals surface area contributed by atoms with Gasteiger partial charge in [-0.25, -0.2) is 4.98 Å². The van der Waals surface area contributed by atoms with E-state index in [2.05, 4.69) is 162 Å². The number of hydrogen-bond donors (Lipinski definition) is 0. The normalized spacial score (nSPS) is 11.6. The fourth-order valence-corrected chi connectivity index (χ4v) is 7.79. The molecule has 0 spiro atoms. The van der Waals surface area contributed by atoms with Crippen molar-refractivity contribution in [1.29, 1.82) is 0 Å². The van der Waals surface area contributed by atoms with Crippen LogP contribution in [0.1, 0.15) is 0 Å². The Morgan fingerprint density at radius 1 is 0.432 bits per heavy atom. The number of hydrogen-bond acceptors (Lipinski definition) is 2. The molecule has 3 aromatic heterocycles. The Morgan fingerprint density at radius 3 is 1.82 bits per heavy atom. The highest BCUT2D eigenvalue weighted by molar-refractivity contribution is 7.26. The van der Waals surface area contributed by atoms with Crippen LogP contribution in [0.25, 0.3) is 81.3 Å². The Labute approximate surface area is 259 Å². The third-order valence-electron chi connectivity index (χ3n) is 8.59. The molecule has 0 radical (unpaired) electrons. The minimum Gasteiger partial charge on any atom is -0.309 e. The fraction of sp³-hybridized carbons (Fsp3) is 0. The summed E-state index contributed by atoms with van der Waals surface area (Å²) in [7, 11) is 0. The molecule has 9 aromatic rings. The van der Waals surface area contributed by atoms with Crippen LogP contribution in [0, 0.1) is 0 Å². The highest BCUT2D eigenvalue weighted by Gasteiger charge is 2.17. The number of fused-ring (bicyclic) bond motifs is 6. The molecule has 0 unspecified atom stereocenters. The lowest BCUT2D eigenvalue weighted by Crippen LogP contribution is -1.98. The minimum atomic E-state index is 0.954. The van der Waals surface area contributed by atoms with Crippen molar-refractivity contribution in [3.63, 3.8) is 0 Å². The third kappa shape index (κ3) is 3.98. The lowest BCUT2D eigenvalue weighted by atomic mass is 10.0. The molecule has 0 aliphatic heterocycles. The zero-order chi connectivity index (χ0) is 29.0. The average molecular weight is 579 g/mol. The second-order valence-electron chi connectivity index (χ2n) is 11.2. The smallest absolute Gasteiger partial charge is 0.0744 e. The van der Waals surface area contributed by atoms with Crippen molar-refractivity contribution in [3.8, 4) is 39.3 Å². The van der Waals surface area contributed by atoms with Gasteiger partial charge in [-0.05, 0) is 47.5 Å². The van der Waals surface area contributed by atoms with Crippen molar-refractivity contribution in [2.24, 2.45) is 0 Å². The maximum atomic E-state index is 5.39. The molecule has 0 saturated carbocycles. The SMILES string of the molecule is c1ccc(-c2cccc(-c3cc(-n4c5ccccc5c5ccccc54)cc(-c4cccc5c4sc4ccccc45)n3)c2)cc1. The van der Waals surface area contributed by atoms with Crippen molar-refractivity contribution >= 4 is 53.3 Å². The first-order chi connectivity index (χ1) is 21.8.